The molecule has 3 heteroatoms. The van der Waals surface area contributed by atoms with Crippen LogP contribution in [0.25, 0.3) is 21.9 Å². The molecule has 3 aromatic rings. The molecule has 0 heterocycles. The van der Waals surface area contributed by atoms with E-state index in [4.69, 9.17) is 0 Å². The Labute approximate surface area is 122 Å². The average molecular weight is 279 g/mol. The summed E-state index contributed by atoms with van der Waals surface area (Å²) in [7, 11) is 0. The summed E-state index contributed by atoms with van der Waals surface area (Å²) in [6.07, 6.45) is 0. The number of rotatable bonds is 2. The van der Waals surface area contributed by atoms with Crippen LogP contribution >= 0.6 is 0 Å². The molecule has 0 aliphatic rings. The molecule has 0 fully saturated rings. The summed E-state index contributed by atoms with van der Waals surface area (Å²) in [5.41, 5.74) is 2.49. The van der Waals surface area contributed by atoms with E-state index in [0.717, 1.165) is 27.6 Å². The molecular weight excluding hydrogens is 265 g/mol. The Bertz CT molecular complexity index is 826. The Kier molecular flexibility index (Phi) is 3.40. The molecule has 0 saturated carbocycles. The van der Waals surface area contributed by atoms with Gasteiger partial charge in [0.2, 0.25) is 5.91 Å². The molecule has 2 nitrogen and oxygen atoms in total. The molecule has 0 bridgehead atoms. The summed E-state index contributed by atoms with van der Waals surface area (Å²) in [6.45, 7) is 1.48. The lowest BCUT2D eigenvalue weighted by atomic mass is 10.00. The van der Waals surface area contributed by atoms with E-state index in [0.29, 0.717) is 0 Å². The summed E-state index contributed by atoms with van der Waals surface area (Å²) >= 11 is 0. The third-order valence-corrected chi connectivity index (χ3v) is 3.35. The zero-order valence-corrected chi connectivity index (χ0v) is 11.6. The average Bonchev–Trinajstić information content (AvgIpc) is 2.47. The van der Waals surface area contributed by atoms with Crippen LogP contribution in [-0.4, -0.2) is 5.91 Å². The van der Waals surface area contributed by atoms with E-state index in [9.17, 15) is 9.18 Å². The Morgan fingerprint density at radius 1 is 0.952 bits per heavy atom. The zero-order valence-electron chi connectivity index (χ0n) is 11.6. The topological polar surface area (TPSA) is 29.1 Å². The van der Waals surface area contributed by atoms with Gasteiger partial charge < -0.3 is 5.32 Å². The van der Waals surface area contributed by atoms with Crippen LogP contribution in [0.5, 0.6) is 0 Å². The number of amides is 1. The molecule has 3 rings (SSSR count). The zero-order chi connectivity index (χ0) is 14.8. The van der Waals surface area contributed by atoms with Gasteiger partial charge in [-0.3, -0.25) is 4.79 Å². The summed E-state index contributed by atoms with van der Waals surface area (Å²) in [5.74, 6) is -0.374. The van der Waals surface area contributed by atoms with Crippen molar-refractivity contribution in [3.05, 3.63) is 66.5 Å². The van der Waals surface area contributed by atoms with Gasteiger partial charge in [-0.1, -0.05) is 36.4 Å². The second-order valence-electron chi connectivity index (χ2n) is 4.93. The largest absolute Gasteiger partial charge is 0.326 e. The lowest BCUT2D eigenvalue weighted by Crippen LogP contribution is -2.05. The van der Waals surface area contributed by atoms with Gasteiger partial charge in [0, 0.05) is 18.0 Å². The van der Waals surface area contributed by atoms with Gasteiger partial charge in [-0.2, -0.15) is 0 Å². The maximum absolute atomic E-state index is 13.4. The van der Waals surface area contributed by atoms with E-state index in [1.807, 2.05) is 42.5 Å². The number of fused-ring (bicyclic) bond motifs is 1. The van der Waals surface area contributed by atoms with Gasteiger partial charge in [-0.25, -0.2) is 4.39 Å². The van der Waals surface area contributed by atoms with Crippen LogP contribution in [0.3, 0.4) is 0 Å². The minimum Gasteiger partial charge on any atom is -0.326 e. The molecule has 0 atom stereocenters. The van der Waals surface area contributed by atoms with Crippen LogP contribution in [0.15, 0.2) is 60.7 Å². The third kappa shape index (κ3) is 2.77. The Balaban J connectivity index is 2.16. The number of benzene rings is 3. The van der Waals surface area contributed by atoms with Crippen molar-refractivity contribution in [3.63, 3.8) is 0 Å². The number of halogens is 1. The summed E-state index contributed by atoms with van der Waals surface area (Å²) in [5, 5.41) is 4.79. The molecule has 0 aromatic heterocycles. The molecule has 0 aliphatic heterocycles. The lowest BCUT2D eigenvalue weighted by molar-refractivity contribution is -0.114. The van der Waals surface area contributed by atoms with Gasteiger partial charge in [0.15, 0.2) is 0 Å². The first-order valence-corrected chi connectivity index (χ1v) is 6.70. The summed E-state index contributed by atoms with van der Waals surface area (Å²) < 4.78 is 13.4. The standard InChI is InChI=1S/C18H14FNO/c1-12(21)20-18-7-3-4-13-8-9-15(11-17(13)18)14-5-2-6-16(19)10-14/h2-11H,1H3,(H,20,21). The van der Waals surface area contributed by atoms with Crippen molar-refractivity contribution in [1.82, 2.24) is 0 Å². The Morgan fingerprint density at radius 2 is 1.71 bits per heavy atom. The molecule has 0 spiro atoms. The number of carbonyl (C=O) groups is 1. The summed E-state index contributed by atoms with van der Waals surface area (Å²) in [4.78, 5) is 11.3. The first kappa shape index (κ1) is 13.3. The highest BCUT2D eigenvalue weighted by molar-refractivity contribution is 6.02. The molecule has 0 saturated heterocycles. The first-order valence-electron chi connectivity index (χ1n) is 6.70. The van der Waals surface area contributed by atoms with Crippen molar-refractivity contribution in [1.29, 1.82) is 0 Å². The molecule has 104 valence electrons. The molecule has 1 N–H and O–H groups in total. The molecule has 1 amide bonds. The smallest absolute Gasteiger partial charge is 0.221 e. The third-order valence-electron chi connectivity index (χ3n) is 3.35. The van der Waals surface area contributed by atoms with Gasteiger partial charge in [0.05, 0.1) is 0 Å². The highest BCUT2D eigenvalue weighted by atomic mass is 19.1. The van der Waals surface area contributed by atoms with Crippen molar-refractivity contribution in [2.24, 2.45) is 0 Å². The van der Waals surface area contributed by atoms with Crippen molar-refractivity contribution in [3.8, 4) is 11.1 Å². The van der Waals surface area contributed by atoms with Gasteiger partial charge in [-0.15, -0.1) is 0 Å². The van der Waals surface area contributed by atoms with Gasteiger partial charge in [0.1, 0.15) is 5.82 Å². The number of hydrogen-bond donors (Lipinski definition) is 1. The second-order valence-corrected chi connectivity index (χ2v) is 4.93. The first-order chi connectivity index (χ1) is 10.1. The van der Waals surface area contributed by atoms with E-state index in [1.54, 1.807) is 6.07 Å². The van der Waals surface area contributed by atoms with Crippen molar-refractivity contribution in [2.45, 2.75) is 6.92 Å². The molecule has 3 aromatic carbocycles. The minimum absolute atomic E-state index is 0.112. The summed E-state index contributed by atoms with van der Waals surface area (Å²) in [6, 6.07) is 18.1. The predicted octanol–water partition coefficient (Wildman–Crippen LogP) is 4.60. The van der Waals surface area contributed by atoms with Gasteiger partial charge in [0.25, 0.3) is 0 Å². The molecular formula is C18H14FNO. The molecule has 0 aliphatic carbocycles. The highest BCUT2D eigenvalue weighted by Crippen LogP contribution is 2.29. The second kappa shape index (κ2) is 5.37. The molecule has 0 unspecified atom stereocenters. The minimum atomic E-state index is -0.261. The predicted molar refractivity (Wildman–Crippen MR) is 83.6 cm³/mol. The molecule has 21 heavy (non-hydrogen) atoms. The number of nitrogens with one attached hydrogen (secondary N) is 1. The number of anilines is 1. The van der Waals surface area contributed by atoms with Crippen molar-refractivity contribution < 1.29 is 9.18 Å². The van der Waals surface area contributed by atoms with Crippen LogP contribution < -0.4 is 5.32 Å². The highest BCUT2D eigenvalue weighted by Gasteiger charge is 2.05. The van der Waals surface area contributed by atoms with E-state index < -0.39 is 0 Å². The normalized spacial score (nSPS) is 10.6. The van der Waals surface area contributed by atoms with Crippen LogP contribution in [0.2, 0.25) is 0 Å². The number of hydrogen-bond acceptors (Lipinski definition) is 1. The fraction of sp³-hybridized carbons (Fsp3) is 0.0556. The van der Waals surface area contributed by atoms with Crippen molar-refractivity contribution >= 4 is 22.4 Å². The van der Waals surface area contributed by atoms with E-state index in [2.05, 4.69) is 5.32 Å². The SMILES string of the molecule is CC(=O)Nc1cccc2ccc(-c3cccc(F)c3)cc12. The van der Waals surface area contributed by atoms with E-state index in [1.165, 1.54) is 19.1 Å². The van der Waals surface area contributed by atoms with Gasteiger partial charge in [-0.05, 0) is 40.8 Å². The maximum Gasteiger partial charge on any atom is 0.221 e. The monoisotopic (exact) mass is 279 g/mol. The van der Waals surface area contributed by atoms with Crippen LogP contribution in [0, 0.1) is 5.82 Å². The Hall–Kier alpha value is -2.68. The van der Waals surface area contributed by atoms with E-state index >= 15 is 0 Å². The fourth-order valence-electron chi connectivity index (χ4n) is 2.42. The van der Waals surface area contributed by atoms with Crippen LogP contribution in [-0.2, 0) is 4.79 Å². The number of carbonyl (C=O) groups excluding carboxylic acids is 1. The fourth-order valence-corrected chi connectivity index (χ4v) is 2.42. The van der Waals surface area contributed by atoms with Crippen molar-refractivity contribution in [2.75, 3.05) is 5.32 Å². The Morgan fingerprint density at radius 3 is 2.48 bits per heavy atom. The van der Waals surface area contributed by atoms with E-state index in [-0.39, 0.29) is 11.7 Å². The maximum atomic E-state index is 13.4. The quantitative estimate of drug-likeness (QED) is 0.729. The van der Waals surface area contributed by atoms with Gasteiger partial charge >= 0.3 is 0 Å². The molecule has 0 radical (unpaired) electrons. The van der Waals surface area contributed by atoms with Crippen LogP contribution in [0.4, 0.5) is 10.1 Å². The van der Waals surface area contributed by atoms with Crippen LogP contribution in [0.1, 0.15) is 6.92 Å². The lowest BCUT2D eigenvalue weighted by Gasteiger charge is -2.09.